The number of carbonyl (C=O) groups is 2. The van der Waals surface area contributed by atoms with Crippen molar-refractivity contribution in [3.63, 3.8) is 0 Å². The van der Waals surface area contributed by atoms with E-state index in [1.807, 2.05) is 0 Å². The monoisotopic (exact) mass is 576 g/mol. The number of ketones is 1. The van der Waals surface area contributed by atoms with Gasteiger partial charge < -0.3 is 20.5 Å². The van der Waals surface area contributed by atoms with Crippen molar-refractivity contribution in [2.45, 2.75) is 29.5 Å². The predicted molar refractivity (Wildman–Crippen MR) is 146 cm³/mol. The zero-order chi connectivity index (χ0) is 27.8. The van der Waals surface area contributed by atoms with Gasteiger partial charge in [0.05, 0.1) is 23.3 Å². The SMILES string of the molecule is N#CC1=C(N)N(c2nnc(SCC(=O)Nc3ccc4c(c3)OCO4)s2)C2=C(C(=O)CCC2)C1c1ccccc1F. The van der Waals surface area contributed by atoms with Crippen molar-refractivity contribution in [1.29, 1.82) is 5.26 Å². The maximum atomic E-state index is 14.9. The number of hydrogen-bond acceptors (Lipinski definition) is 11. The van der Waals surface area contributed by atoms with Gasteiger partial charge in [-0.3, -0.25) is 14.5 Å². The molecule has 0 saturated heterocycles. The molecule has 40 heavy (non-hydrogen) atoms. The third kappa shape index (κ3) is 4.65. The number of Topliss-reactive ketones (excluding diaryl/α,β-unsaturated/α-hetero) is 1. The highest BCUT2D eigenvalue weighted by molar-refractivity contribution is 8.01. The lowest BCUT2D eigenvalue weighted by Gasteiger charge is -2.38. The van der Waals surface area contributed by atoms with E-state index in [9.17, 15) is 19.2 Å². The second-order valence-electron chi connectivity index (χ2n) is 9.09. The van der Waals surface area contributed by atoms with Gasteiger partial charge in [0.15, 0.2) is 21.6 Å². The molecule has 2 aromatic carbocycles. The van der Waals surface area contributed by atoms with E-state index in [-0.39, 0.29) is 41.2 Å². The normalized spacial score (nSPS) is 18.1. The second kappa shape index (κ2) is 10.6. The number of nitrogens with zero attached hydrogens (tertiary/aromatic N) is 4. The van der Waals surface area contributed by atoms with E-state index in [0.29, 0.717) is 57.2 Å². The minimum absolute atomic E-state index is 0.0691. The van der Waals surface area contributed by atoms with Crippen molar-refractivity contribution in [2.75, 3.05) is 22.8 Å². The summed E-state index contributed by atoms with van der Waals surface area (Å²) in [4.78, 5) is 27.3. The molecule has 1 aromatic heterocycles. The van der Waals surface area contributed by atoms with Gasteiger partial charge in [-0.1, -0.05) is 41.3 Å². The molecule has 3 aromatic rings. The summed E-state index contributed by atoms with van der Waals surface area (Å²) in [6.07, 6.45) is 1.39. The fraction of sp³-hybridized carbons (Fsp3) is 0.222. The number of benzene rings is 2. The molecular weight excluding hydrogens is 555 g/mol. The Morgan fingerprint density at radius 3 is 2.88 bits per heavy atom. The fourth-order valence-electron chi connectivity index (χ4n) is 4.97. The van der Waals surface area contributed by atoms with Crippen LogP contribution in [0.15, 0.2) is 69.5 Å². The highest BCUT2D eigenvalue weighted by Crippen LogP contribution is 2.47. The molecule has 0 fully saturated rings. The van der Waals surface area contributed by atoms with Crippen LogP contribution in [0.2, 0.25) is 0 Å². The summed E-state index contributed by atoms with van der Waals surface area (Å²) in [5.41, 5.74) is 8.35. The zero-order valence-electron chi connectivity index (χ0n) is 20.8. The molecule has 1 aliphatic carbocycles. The molecule has 6 rings (SSSR count). The van der Waals surface area contributed by atoms with Gasteiger partial charge in [0.2, 0.25) is 17.8 Å². The first kappa shape index (κ1) is 25.8. The van der Waals surface area contributed by atoms with Crippen LogP contribution in [-0.4, -0.2) is 34.4 Å². The lowest BCUT2D eigenvalue weighted by molar-refractivity contribution is -0.116. The number of aromatic nitrogens is 2. The first-order valence-electron chi connectivity index (χ1n) is 12.3. The Bertz CT molecular complexity index is 1650. The number of fused-ring (bicyclic) bond motifs is 1. The van der Waals surface area contributed by atoms with Crippen LogP contribution < -0.4 is 25.4 Å². The van der Waals surface area contributed by atoms with Crippen molar-refractivity contribution in [3.05, 3.63) is 76.5 Å². The van der Waals surface area contributed by atoms with E-state index in [0.717, 1.165) is 0 Å². The van der Waals surface area contributed by atoms with Gasteiger partial charge in [-0.2, -0.15) is 5.26 Å². The van der Waals surface area contributed by atoms with Crippen LogP contribution in [0, 0.1) is 17.1 Å². The Kier molecular flexibility index (Phi) is 6.87. The minimum Gasteiger partial charge on any atom is -0.454 e. The van der Waals surface area contributed by atoms with Crippen LogP contribution >= 0.6 is 23.1 Å². The number of carbonyl (C=O) groups excluding carboxylic acids is 2. The van der Waals surface area contributed by atoms with Crippen molar-refractivity contribution in [1.82, 2.24) is 10.2 Å². The first-order chi connectivity index (χ1) is 19.4. The van der Waals surface area contributed by atoms with Crippen molar-refractivity contribution < 1.29 is 23.5 Å². The molecule has 1 atom stereocenters. The van der Waals surface area contributed by atoms with Gasteiger partial charge in [-0.05, 0) is 31.0 Å². The van der Waals surface area contributed by atoms with Crippen molar-refractivity contribution >= 4 is 45.6 Å². The molecule has 0 spiro atoms. The maximum Gasteiger partial charge on any atom is 0.234 e. The van der Waals surface area contributed by atoms with Gasteiger partial charge in [-0.25, -0.2) is 4.39 Å². The Morgan fingerprint density at radius 2 is 2.05 bits per heavy atom. The van der Waals surface area contributed by atoms with E-state index >= 15 is 0 Å². The molecule has 3 N–H and O–H groups in total. The highest BCUT2D eigenvalue weighted by atomic mass is 32.2. The predicted octanol–water partition coefficient (Wildman–Crippen LogP) is 4.44. The van der Waals surface area contributed by atoms with Crippen LogP contribution in [0.5, 0.6) is 11.5 Å². The molecule has 10 nitrogen and oxygen atoms in total. The molecule has 0 bridgehead atoms. The average molecular weight is 577 g/mol. The molecule has 3 heterocycles. The summed E-state index contributed by atoms with van der Waals surface area (Å²) in [5, 5.41) is 21.7. The Morgan fingerprint density at radius 1 is 1.23 bits per heavy atom. The summed E-state index contributed by atoms with van der Waals surface area (Å²) in [7, 11) is 0. The van der Waals surface area contributed by atoms with E-state index in [1.54, 1.807) is 41.3 Å². The zero-order valence-corrected chi connectivity index (χ0v) is 22.5. The highest BCUT2D eigenvalue weighted by Gasteiger charge is 2.42. The molecule has 1 unspecified atom stereocenters. The van der Waals surface area contributed by atoms with E-state index in [4.69, 9.17) is 15.2 Å². The maximum absolute atomic E-state index is 14.9. The van der Waals surface area contributed by atoms with Crippen LogP contribution in [0.1, 0.15) is 30.7 Å². The number of halogens is 1. The molecule has 2 aliphatic heterocycles. The van der Waals surface area contributed by atoms with Crippen LogP contribution in [-0.2, 0) is 9.59 Å². The average Bonchev–Trinajstić information content (AvgIpc) is 3.61. The van der Waals surface area contributed by atoms with Crippen molar-refractivity contribution in [2.24, 2.45) is 5.73 Å². The molecular formula is C27H21FN6O4S2. The van der Waals surface area contributed by atoms with E-state index in [1.165, 1.54) is 29.2 Å². The number of ether oxygens (including phenoxy) is 2. The molecule has 0 saturated carbocycles. The number of rotatable bonds is 6. The summed E-state index contributed by atoms with van der Waals surface area (Å²) < 4.78 is 26.0. The Labute approximate surface area is 236 Å². The van der Waals surface area contributed by atoms with Crippen LogP contribution in [0.4, 0.5) is 15.2 Å². The number of thioether (sulfide) groups is 1. The topological polar surface area (TPSA) is 143 Å². The molecule has 1 amide bonds. The number of nitrogens with two attached hydrogens (primary N) is 1. The molecule has 0 radical (unpaired) electrons. The summed E-state index contributed by atoms with van der Waals surface area (Å²) in [6, 6.07) is 13.3. The summed E-state index contributed by atoms with van der Waals surface area (Å²) >= 11 is 2.38. The molecule has 3 aliphatic rings. The largest absolute Gasteiger partial charge is 0.454 e. The number of hydrogen-bond donors (Lipinski definition) is 2. The second-order valence-corrected chi connectivity index (χ2v) is 11.3. The number of amides is 1. The first-order valence-corrected chi connectivity index (χ1v) is 14.1. The van der Waals surface area contributed by atoms with Gasteiger partial charge in [0, 0.05) is 35.0 Å². The quantitative estimate of drug-likeness (QED) is 0.404. The van der Waals surface area contributed by atoms with Gasteiger partial charge in [-0.15, -0.1) is 10.2 Å². The summed E-state index contributed by atoms with van der Waals surface area (Å²) in [5.74, 6) is -0.475. The molecule has 13 heteroatoms. The van der Waals surface area contributed by atoms with Gasteiger partial charge >= 0.3 is 0 Å². The number of nitrogens with one attached hydrogen (secondary N) is 1. The lowest BCUT2D eigenvalue weighted by atomic mass is 9.75. The number of allylic oxidation sites excluding steroid dienone is 3. The van der Waals surface area contributed by atoms with E-state index in [2.05, 4.69) is 21.6 Å². The lowest BCUT2D eigenvalue weighted by Crippen LogP contribution is -2.38. The van der Waals surface area contributed by atoms with Gasteiger partial charge in [0.25, 0.3) is 0 Å². The van der Waals surface area contributed by atoms with Crippen LogP contribution in [0.25, 0.3) is 0 Å². The standard InChI is InChI=1S/C27H21FN6O4S2/c28-17-5-2-1-4-15(17)23-16(11-29)25(30)34(18-6-3-7-19(35)24(18)23)26-32-33-27(40-26)39-12-22(36)31-14-8-9-20-21(10-14)38-13-37-20/h1-2,4-5,8-10,23H,3,6-7,12-13,30H2,(H,31,36). The van der Waals surface area contributed by atoms with E-state index < -0.39 is 11.7 Å². The smallest absolute Gasteiger partial charge is 0.234 e. The number of anilines is 2. The van der Waals surface area contributed by atoms with Gasteiger partial charge in [0.1, 0.15) is 11.6 Å². The van der Waals surface area contributed by atoms with Crippen LogP contribution in [0.3, 0.4) is 0 Å². The minimum atomic E-state index is -0.896. The Hall–Kier alpha value is -4.41. The third-order valence-electron chi connectivity index (χ3n) is 6.70. The number of nitriles is 1. The summed E-state index contributed by atoms with van der Waals surface area (Å²) in [6.45, 7) is 0.144. The van der Waals surface area contributed by atoms with Crippen molar-refractivity contribution in [3.8, 4) is 17.6 Å². The molecule has 202 valence electrons. The third-order valence-corrected chi connectivity index (χ3v) is 8.74. The fourth-order valence-corrected chi connectivity index (χ4v) is 6.66. The Balaban J connectivity index is 1.24.